The Bertz CT molecular complexity index is 883. The molecule has 0 radical (unpaired) electrons. The Morgan fingerprint density at radius 3 is 2.83 bits per heavy atom. The van der Waals surface area contributed by atoms with Crippen molar-refractivity contribution in [1.82, 2.24) is 15.0 Å². The minimum atomic E-state index is 0.183. The number of fused-ring (bicyclic) bond motifs is 1. The average molecular weight is 326 g/mol. The number of anilines is 2. The lowest BCUT2D eigenvalue weighted by atomic mass is 10.0. The molecule has 2 aromatic heterocycles. The van der Waals surface area contributed by atoms with Gasteiger partial charge in [-0.1, -0.05) is 6.07 Å². The number of nitrogens with zero attached hydrogens (tertiary/aromatic N) is 3. The Hall–Kier alpha value is -2.54. The van der Waals surface area contributed by atoms with Gasteiger partial charge in [-0.05, 0) is 32.9 Å². The molecule has 0 spiro atoms. The van der Waals surface area contributed by atoms with Crippen molar-refractivity contribution < 1.29 is 0 Å². The fraction of sp³-hybridized carbons (Fsp3) is 0.250. The van der Waals surface area contributed by atoms with Crippen molar-refractivity contribution >= 4 is 38.9 Å². The van der Waals surface area contributed by atoms with Gasteiger partial charge < -0.3 is 11.1 Å². The number of nitrogens with two attached hydrogens (primary N) is 1. The third-order valence-electron chi connectivity index (χ3n) is 3.34. The summed E-state index contributed by atoms with van der Waals surface area (Å²) in [7, 11) is 0. The lowest BCUT2D eigenvalue weighted by Gasteiger charge is -2.15. The highest BCUT2D eigenvalue weighted by atomic mass is 32.1. The predicted molar refractivity (Wildman–Crippen MR) is 95.5 cm³/mol. The third kappa shape index (κ3) is 3.00. The maximum absolute atomic E-state index is 8.56. The zero-order valence-corrected chi connectivity index (χ0v) is 14.0. The number of thiazole rings is 1. The number of hydrogen-bond donors (Lipinski definition) is 3. The normalized spacial score (nSPS) is 11.1. The minimum absolute atomic E-state index is 0.183. The third-order valence-corrected chi connectivity index (χ3v) is 4.27. The summed E-state index contributed by atoms with van der Waals surface area (Å²) >= 11 is 1.61. The highest BCUT2D eigenvalue weighted by molar-refractivity contribution is 7.18. The van der Waals surface area contributed by atoms with Gasteiger partial charge in [-0.3, -0.25) is 5.41 Å². The number of aryl methyl sites for hydroxylation is 1. The molecule has 3 rings (SSSR count). The van der Waals surface area contributed by atoms with Crippen molar-refractivity contribution in [2.75, 3.05) is 11.1 Å². The van der Waals surface area contributed by atoms with Crippen molar-refractivity contribution in [3.8, 4) is 0 Å². The number of nitrogens with one attached hydrogen (secondary N) is 2. The molecule has 4 N–H and O–H groups in total. The molecule has 0 atom stereocenters. The van der Waals surface area contributed by atoms with E-state index in [1.807, 2.05) is 39.0 Å². The monoisotopic (exact) mass is 326 g/mol. The molecule has 2 heterocycles. The number of nitrogen functional groups attached to an aromatic ring is 1. The number of rotatable bonds is 4. The summed E-state index contributed by atoms with van der Waals surface area (Å²) in [6.07, 6.45) is 1.41. The summed E-state index contributed by atoms with van der Waals surface area (Å²) in [5, 5.41) is 12.8. The zero-order valence-electron chi connectivity index (χ0n) is 13.2. The van der Waals surface area contributed by atoms with E-state index in [1.165, 1.54) is 6.33 Å². The number of benzene rings is 1. The largest absolute Gasteiger partial charge is 0.383 e. The summed E-state index contributed by atoms with van der Waals surface area (Å²) in [5.41, 5.74) is 8.56. The summed E-state index contributed by atoms with van der Waals surface area (Å²) < 4.78 is 1.05. The Morgan fingerprint density at radius 2 is 2.09 bits per heavy atom. The van der Waals surface area contributed by atoms with Crippen molar-refractivity contribution in [1.29, 1.82) is 5.41 Å². The lowest BCUT2D eigenvalue weighted by molar-refractivity contribution is 0.885. The van der Waals surface area contributed by atoms with Crippen LogP contribution in [0.4, 0.5) is 11.6 Å². The molecule has 7 heteroatoms. The van der Waals surface area contributed by atoms with E-state index in [9.17, 15) is 0 Å². The van der Waals surface area contributed by atoms with Gasteiger partial charge in [0.1, 0.15) is 18.0 Å². The summed E-state index contributed by atoms with van der Waals surface area (Å²) in [5.74, 6) is 0.881. The van der Waals surface area contributed by atoms with Crippen molar-refractivity contribution in [3.63, 3.8) is 0 Å². The van der Waals surface area contributed by atoms with Crippen LogP contribution >= 0.6 is 11.3 Å². The zero-order chi connectivity index (χ0) is 16.6. The quantitative estimate of drug-likeness (QED) is 0.639. The van der Waals surface area contributed by atoms with Crippen LogP contribution in [0, 0.1) is 12.3 Å². The lowest BCUT2D eigenvalue weighted by Crippen LogP contribution is -2.17. The molecule has 0 aliphatic carbocycles. The molecule has 0 aliphatic heterocycles. The standard InChI is InChI=1S/C16H18N6S/c1-8(2)21-16-13(15(18)19-7-20-16)14(17)10-4-5-11-12(6-10)23-9(3)22-11/h4-8,17H,1-3H3,(H3,18,19,20,21). The first-order chi connectivity index (χ1) is 11.0. The van der Waals surface area contributed by atoms with E-state index in [0.29, 0.717) is 22.9 Å². The molecule has 0 bridgehead atoms. The molecule has 0 saturated carbocycles. The minimum Gasteiger partial charge on any atom is -0.383 e. The molecule has 0 aliphatic rings. The molecule has 0 unspecified atom stereocenters. The second-order valence-electron chi connectivity index (χ2n) is 5.57. The first-order valence-electron chi connectivity index (χ1n) is 7.29. The Balaban J connectivity index is 2.07. The van der Waals surface area contributed by atoms with Crippen molar-refractivity contribution in [2.45, 2.75) is 26.8 Å². The van der Waals surface area contributed by atoms with Gasteiger partial charge in [-0.2, -0.15) is 0 Å². The van der Waals surface area contributed by atoms with Crippen LogP contribution in [0.2, 0.25) is 0 Å². The van der Waals surface area contributed by atoms with Crippen molar-refractivity contribution in [2.24, 2.45) is 0 Å². The van der Waals surface area contributed by atoms with Crippen LogP contribution in [-0.4, -0.2) is 26.7 Å². The van der Waals surface area contributed by atoms with Crippen LogP contribution in [0.15, 0.2) is 24.5 Å². The predicted octanol–water partition coefficient (Wildman–Crippen LogP) is 3.21. The Labute approximate surface area is 138 Å². The highest BCUT2D eigenvalue weighted by Gasteiger charge is 2.17. The topological polar surface area (TPSA) is 101 Å². The van der Waals surface area contributed by atoms with E-state index in [-0.39, 0.29) is 6.04 Å². The maximum atomic E-state index is 8.56. The molecule has 23 heavy (non-hydrogen) atoms. The van der Waals surface area contributed by atoms with E-state index in [2.05, 4.69) is 20.3 Å². The first-order valence-corrected chi connectivity index (χ1v) is 8.11. The fourth-order valence-electron chi connectivity index (χ4n) is 2.37. The molecule has 6 nitrogen and oxygen atoms in total. The molecule has 118 valence electrons. The van der Waals surface area contributed by atoms with Gasteiger partial charge in [0.15, 0.2) is 0 Å². The van der Waals surface area contributed by atoms with E-state index >= 15 is 0 Å². The van der Waals surface area contributed by atoms with Crippen LogP contribution in [0.5, 0.6) is 0 Å². The van der Waals surface area contributed by atoms with E-state index in [1.54, 1.807) is 11.3 Å². The first kappa shape index (κ1) is 15.4. The van der Waals surface area contributed by atoms with Gasteiger partial charge in [0, 0.05) is 11.6 Å². The molecular weight excluding hydrogens is 308 g/mol. The van der Waals surface area contributed by atoms with Gasteiger partial charge in [0.05, 0.1) is 26.5 Å². The van der Waals surface area contributed by atoms with E-state index in [0.717, 1.165) is 20.8 Å². The van der Waals surface area contributed by atoms with Crippen LogP contribution in [-0.2, 0) is 0 Å². The van der Waals surface area contributed by atoms with Gasteiger partial charge in [-0.25, -0.2) is 15.0 Å². The number of hydrogen-bond acceptors (Lipinski definition) is 7. The van der Waals surface area contributed by atoms with Crippen LogP contribution in [0.25, 0.3) is 10.2 Å². The molecule has 0 saturated heterocycles. The molecule has 1 aromatic carbocycles. The highest BCUT2D eigenvalue weighted by Crippen LogP contribution is 2.26. The Morgan fingerprint density at radius 1 is 1.30 bits per heavy atom. The smallest absolute Gasteiger partial charge is 0.141 e. The van der Waals surface area contributed by atoms with Crippen LogP contribution in [0.3, 0.4) is 0 Å². The van der Waals surface area contributed by atoms with Crippen molar-refractivity contribution in [3.05, 3.63) is 40.7 Å². The van der Waals surface area contributed by atoms with Crippen LogP contribution < -0.4 is 11.1 Å². The molecule has 0 fully saturated rings. The second-order valence-corrected chi connectivity index (χ2v) is 6.81. The van der Waals surface area contributed by atoms with Gasteiger partial charge in [-0.15, -0.1) is 11.3 Å². The van der Waals surface area contributed by atoms with Gasteiger partial charge in [0.25, 0.3) is 0 Å². The average Bonchev–Trinajstić information content (AvgIpc) is 2.85. The molecule has 3 aromatic rings. The maximum Gasteiger partial charge on any atom is 0.141 e. The van der Waals surface area contributed by atoms with Gasteiger partial charge in [0.2, 0.25) is 0 Å². The SMILES string of the molecule is Cc1nc2ccc(C(=N)c3c(N)ncnc3NC(C)C)cc2s1. The molecule has 0 amide bonds. The molecular formula is C16H18N6S. The summed E-state index contributed by atoms with van der Waals surface area (Å²) in [6, 6.07) is 5.96. The second kappa shape index (κ2) is 5.92. The fourth-order valence-corrected chi connectivity index (χ4v) is 3.23. The summed E-state index contributed by atoms with van der Waals surface area (Å²) in [6.45, 7) is 6.00. The summed E-state index contributed by atoms with van der Waals surface area (Å²) in [4.78, 5) is 12.7. The van der Waals surface area contributed by atoms with E-state index < -0.39 is 0 Å². The number of aromatic nitrogens is 3. The van der Waals surface area contributed by atoms with E-state index in [4.69, 9.17) is 11.1 Å². The van der Waals surface area contributed by atoms with Crippen LogP contribution in [0.1, 0.15) is 30.0 Å². The van der Waals surface area contributed by atoms with Gasteiger partial charge >= 0.3 is 0 Å². The Kier molecular flexibility index (Phi) is 3.96.